The fourth-order valence-electron chi connectivity index (χ4n) is 5.27. The summed E-state index contributed by atoms with van der Waals surface area (Å²) < 4.78 is 75.5. The molecule has 3 nitrogen and oxygen atoms in total. The minimum atomic E-state index is -1.27. The van der Waals surface area contributed by atoms with Gasteiger partial charge in [-0.1, -0.05) is 24.3 Å². The van der Waals surface area contributed by atoms with Crippen LogP contribution in [0.2, 0.25) is 0 Å². The first-order chi connectivity index (χ1) is 17.4. The normalized spacial score (nSPS) is 24.8. The number of rotatable bonds is 8. The van der Waals surface area contributed by atoms with Crippen LogP contribution in [0, 0.1) is 35.1 Å². The van der Waals surface area contributed by atoms with E-state index in [0.29, 0.717) is 31.3 Å². The fourth-order valence-corrected chi connectivity index (χ4v) is 5.27. The van der Waals surface area contributed by atoms with Gasteiger partial charge < -0.3 is 14.2 Å². The van der Waals surface area contributed by atoms with Crippen molar-refractivity contribution in [2.24, 2.45) is 11.8 Å². The minimum Gasteiger partial charge on any atom is -0.491 e. The molecule has 0 amide bonds. The van der Waals surface area contributed by atoms with Gasteiger partial charge >= 0.3 is 0 Å². The van der Waals surface area contributed by atoms with Crippen LogP contribution in [0.1, 0.15) is 51.5 Å². The molecule has 4 atom stereocenters. The lowest BCUT2D eigenvalue weighted by molar-refractivity contribution is -0.0717. The molecule has 0 N–H and O–H groups in total. The lowest BCUT2D eigenvalue weighted by Crippen LogP contribution is -2.36. The van der Waals surface area contributed by atoms with E-state index >= 15 is 0 Å². The minimum absolute atomic E-state index is 0.0127. The van der Waals surface area contributed by atoms with Crippen molar-refractivity contribution in [3.8, 4) is 16.9 Å². The summed E-state index contributed by atoms with van der Waals surface area (Å²) in [6.07, 6.45) is 9.27. The van der Waals surface area contributed by atoms with Crippen LogP contribution in [0.5, 0.6) is 5.75 Å². The molecule has 0 saturated carbocycles. The van der Waals surface area contributed by atoms with Crippen molar-refractivity contribution < 1.29 is 31.8 Å². The lowest BCUT2D eigenvalue weighted by Gasteiger charge is -2.37. The maximum absolute atomic E-state index is 14.9. The molecule has 0 radical (unpaired) electrons. The van der Waals surface area contributed by atoms with E-state index in [1.165, 1.54) is 24.3 Å². The Morgan fingerprint density at radius 1 is 0.833 bits per heavy atom. The zero-order valence-electron chi connectivity index (χ0n) is 20.9. The van der Waals surface area contributed by atoms with Crippen LogP contribution in [-0.4, -0.2) is 32.0 Å². The Hall–Kier alpha value is -2.38. The predicted octanol–water partition coefficient (Wildman–Crippen LogP) is 7.41. The molecular formula is C29H34F4O3. The van der Waals surface area contributed by atoms with Crippen LogP contribution in [0.3, 0.4) is 0 Å². The van der Waals surface area contributed by atoms with Gasteiger partial charge in [0.05, 0.1) is 32.0 Å². The molecule has 2 heterocycles. The van der Waals surface area contributed by atoms with Crippen molar-refractivity contribution in [3.05, 3.63) is 65.2 Å². The summed E-state index contributed by atoms with van der Waals surface area (Å²) in [5.74, 6) is -4.01. The zero-order valence-corrected chi connectivity index (χ0v) is 20.9. The van der Waals surface area contributed by atoms with Crippen molar-refractivity contribution in [2.45, 2.75) is 64.6 Å². The molecule has 0 aromatic heterocycles. The first-order valence-electron chi connectivity index (χ1n) is 12.9. The van der Waals surface area contributed by atoms with Gasteiger partial charge in [0.2, 0.25) is 5.82 Å². The summed E-state index contributed by atoms with van der Waals surface area (Å²) >= 11 is 0. The lowest BCUT2D eigenvalue weighted by atomic mass is 9.81. The molecule has 0 spiro atoms. The van der Waals surface area contributed by atoms with Crippen LogP contribution in [0.15, 0.2) is 36.4 Å². The van der Waals surface area contributed by atoms with E-state index in [4.69, 9.17) is 14.2 Å². The summed E-state index contributed by atoms with van der Waals surface area (Å²) in [6, 6.07) is 5.16. The Kier molecular flexibility index (Phi) is 9.07. The molecule has 2 aromatic carbocycles. The molecule has 4 unspecified atom stereocenters. The molecule has 2 aliphatic rings. The Morgan fingerprint density at radius 3 is 2.11 bits per heavy atom. The van der Waals surface area contributed by atoms with Gasteiger partial charge in [0.15, 0.2) is 23.2 Å². The monoisotopic (exact) mass is 506 g/mol. The SMILES string of the molecule is C/C=C/C1CCC(C2CCC(CCc3ccc(-c4ccc(OCC)c(F)c4F)c(F)c3F)OC2)CO1. The van der Waals surface area contributed by atoms with E-state index in [2.05, 4.69) is 6.08 Å². The predicted molar refractivity (Wildman–Crippen MR) is 131 cm³/mol. The maximum Gasteiger partial charge on any atom is 0.201 e. The van der Waals surface area contributed by atoms with Crippen molar-refractivity contribution in [1.29, 1.82) is 0 Å². The van der Waals surface area contributed by atoms with E-state index in [0.717, 1.165) is 32.3 Å². The summed E-state index contributed by atoms with van der Waals surface area (Å²) in [6.45, 7) is 5.21. The second kappa shape index (κ2) is 12.2. The van der Waals surface area contributed by atoms with E-state index in [1.807, 2.05) is 13.0 Å². The summed E-state index contributed by atoms with van der Waals surface area (Å²) in [4.78, 5) is 0. The highest BCUT2D eigenvalue weighted by Gasteiger charge is 2.31. The average Bonchev–Trinajstić information content (AvgIpc) is 2.89. The third kappa shape index (κ3) is 5.94. The van der Waals surface area contributed by atoms with E-state index in [1.54, 1.807) is 6.92 Å². The third-order valence-corrected chi connectivity index (χ3v) is 7.36. The van der Waals surface area contributed by atoms with Crippen molar-refractivity contribution >= 4 is 0 Å². The summed E-state index contributed by atoms with van der Waals surface area (Å²) in [5, 5.41) is 0. The number of hydrogen-bond acceptors (Lipinski definition) is 3. The fraction of sp³-hybridized carbons (Fsp3) is 0.517. The van der Waals surface area contributed by atoms with E-state index in [-0.39, 0.29) is 41.3 Å². The van der Waals surface area contributed by atoms with Gasteiger partial charge in [0.1, 0.15) is 0 Å². The Morgan fingerprint density at radius 2 is 1.50 bits per heavy atom. The molecule has 2 aromatic rings. The van der Waals surface area contributed by atoms with Crippen molar-refractivity contribution in [1.82, 2.24) is 0 Å². The smallest absolute Gasteiger partial charge is 0.201 e. The van der Waals surface area contributed by atoms with Gasteiger partial charge in [-0.3, -0.25) is 0 Å². The highest BCUT2D eigenvalue weighted by Crippen LogP contribution is 2.35. The highest BCUT2D eigenvalue weighted by atomic mass is 19.2. The largest absolute Gasteiger partial charge is 0.491 e. The number of aryl methyl sites for hydroxylation is 1. The number of benzene rings is 2. The maximum atomic E-state index is 14.9. The number of allylic oxidation sites excluding steroid dienone is 1. The Balaban J connectivity index is 1.33. The van der Waals surface area contributed by atoms with E-state index in [9.17, 15) is 17.6 Å². The molecule has 0 aliphatic carbocycles. The average molecular weight is 507 g/mol. The van der Waals surface area contributed by atoms with Crippen molar-refractivity contribution in [3.63, 3.8) is 0 Å². The molecule has 2 saturated heterocycles. The molecule has 0 bridgehead atoms. The van der Waals surface area contributed by atoms with Crippen LogP contribution >= 0.6 is 0 Å². The van der Waals surface area contributed by atoms with Gasteiger partial charge in [-0.05, 0) is 81.9 Å². The first-order valence-corrected chi connectivity index (χ1v) is 12.9. The topological polar surface area (TPSA) is 27.7 Å². The highest BCUT2D eigenvalue weighted by molar-refractivity contribution is 5.66. The zero-order chi connectivity index (χ0) is 25.7. The van der Waals surface area contributed by atoms with Gasteiger partial charge in [0, 0.05) is 11.1 Å². The molecule has 196 valence electrons. The van der Waals surface area contributed by atoms with Gasteiger partial charge in [0.25, 0.3) is 0 Å². The summed E-state index contributed by atoms with van der Waals surface area (Å²) in [5.41, 5.74) is -0.465. The van der Waals surface area contributed by atoms with Gasteiger partial charge in [-0.15, -0.1) is 0 Å². The molecule has 2 aliphatic heterocycles. The van der Waals surface area contributed by atoms with Crippen LogP contribution < -0.4 is 4.74 Å². The Bertz CT molecular complexity index is 1050. The Labute approximate surface area is 210 Å². The number of hydrogen-bond donors (Lipinski definition) is 0. The molecule has 2 fully saturated rings. The second-order valence-electron chi connectivity index (χ2n) is 9.64. The standard InChI is InChI=1S/C29H34F4O3/c1-3-5-21-11-7-19(16-35-21)20-8-12-22(36-17-20)10-6-18-9-13-23(27(31)26(18)30)24-14-15-25(34-4-2)29(33)28(24)32/h3,5,9,13-15,19-22H,4,6-8,10-12,16-17H2,1-2H3/b5-3+. The van der Waals surface area contributed by atoms with Gasteiger partial charge in [-0.2, -0.15) is 4.39 Å². The quantitative estimate of drug-likeness (QED) is 0.276. The number of halogens is 4. The van der Waals surface area contributed by atoms with Crippen LogP contribution in [0.4, 0.5) is 17.6 Å². The van der Waals surface area contributed by atoms with Gasteiger partial charge in [-0.25, -0.2) is 13.2 Å². The second-order valence-corrected chi connectivity index (χ2v) is 9.64. The third-order valence-electron chi connectivity index (χ3n) is 7.36. The first kappa shape index (κ1) is 26.7. The number of ether oxygens (including phenoxy) is 3. The van der Waals surface area contributed by atoms with Crippen LogP contribution in [-0.2, 0) is 15.9 Å². The summed E-state index contributed by atoms with van der Waals surface area (Å²) in [7, 11) is 0. The van der Waals surface area contributed by atoms with Crippen LogP contribution in [0.25, 0.3) is 11.1 Å². The van der Waals surface area contributed by atoms with E-state index < -0.39 is 23.3 Å². The molecule has 4 rings (SSSR count). The molecular weight excluding hydrogens is 472 g/mol. The molecule has 36 heavy (non-hydrogen) atoms. The van der Waals surface area contributed by atoms with Crippen molar-refractivity contribution in [2.75, 3.05) is 19.8 Å². The molecule has 7 heteroatoms.